The summed E-state index contributed by atoms with van der Waals surface area (Å²) in [5.74, 6) is 3.51. The highest BCUT2D eigenvalue weighted by atomic mass is 35.5. The van der Waals surface area contributed by atoms with Crippen LogP contribution in [0.25, 0.3) is 11.0 Å². The minimum atomic E-state index is -4.25. The molecule has 0 radical (unpaired) electrons. The maximum atomic E-state index is 15.1. The summed E-state index contributed by atoms with van der Waals surface area (Å²) in [5.41, 5.74) is 1.36. The van der Waals surface area contributed by atoms with Crippen LogP contribution in [-0.2, 0) is 10.0 Å². The Morgan fingerprint density at radius 1 is 1.03 bits per heavy atom. The molecular weight excluding hydrogens is 457 g/mol. The fraction of sp³-hybridized carbons (Fsp3) is 0.0476. The summed E-state index contributed by atoms with van der Waals surface area (Å²) in [5, 5.41) is -0.0920. The number of aromatic nitrogens is 4. The molecule has 0 atom stereocenters. The second kappa shape index (κ2) is 8.74. The van der Waals surface area contributed by atoms with Crippen LogP contribution in [0.1, 0.15) is 11.3 Å². The van der Waals surface area contributed by atoms with Crippen LogP contribution in [0, 0.1) is 17.7 Å². The molecule has 0 spiro atoms. The molecule has 0 unspecified atom stereocenters. The van der Waals surface area contributed by atoms with Crippen LogP contribution in [0.2, 0.25) is 5.02 Å². The predicted octanol–water partition coefficient (Wildman–Crippen LogP) is 3.42. The number of hydrogen-bond donors (Lipinski definition) is 1. The second-order valence-electron chi connectivity index (χ2n) is 6.25. The first kappa shape index (κ1) is 21.4. The van der Waals surface area contributed by atoms with E-state index in [0.29, 0.717) is 16.7 Å². The van der Waals surface area contributed by atoms with Crippen molar-refractivity contribution in [3.8, 4) is 17.7 Å². The number of halogens is 2. The minimum absolute atomic E-state index is 0.0920. The molecule has 0 aliphatic rings. The molecule has 3 heterocycles. The van der Waals surface area contributed by atoms with Crippen molar-refractivity contribution in [1.82, 2.24) is 19.9 Å². The summed E-state index contributed by atoms with van der Waals surface area (Å²) in [6, 6.07) is 9.88. The van der Waals surface area contributed by atoms with Gasteiger partial charge in [-0.1, -0.05) is 29.7 Å². The molecule has 0 aliphatic carbocycles. The molecule has 0 saturated heterocycles. The zero-order valence-corrected chi connectivity index (χ0v) is 17.9. The first-order valence-corrected chi connectivity index (χ1v) is 10.8. The lowest BCUT2D eigenvalue weighted by Gasteiger charge is -2.11. The molecular formula is C21H13ClFN5O3S. The molecule has 160 valence electrons. The maximum Gasteiger partial charge on any atom is 0.268 e. The summed E-state index contributed by atoms with van der Waals surface area (Å²) in [7, 11) is -2.98. The van der Waals surface area contributed by atoms with E-state index in [2.05, 4.69) is 36.5 Å². The number of benzene rings is 1. The van der Waals surface area contributed by atoms with Crippen molar-refractivity contribution in [3.63, 3.8) is 0 Å². The number of ether oxygens (including phenoxy) is 1. The van der Waals surface area contributed by atoms with Gasteiger partial charge in [0.05, 0.1) is 34.9 Å². The van der Waals surface area contributed by atoms with Gasteiger partial charge in [-0.25, -0.2) is 27.8 Å². The largest absolute Gasteiger partial charge is 0.480 e. The van der Waals surface area contributed by atoms with E-state index in [4.69, 9.17) is 16.3 Å². The third-order valence-electron chi connectivity index (χ3n) is 4.19. The van der Waals surface area contributed by atoms with Gasteiger partial charge in [0.2, 0.25) is 5.88 Å². The summed E-state index contributed by atoms with van der Waals surface area (Å²) >= 11 is 6.05. The molecule has 32 heavy (non-hydrogen) atoms. The standard InChI is InChI=1S/C21H13ClFN5O3S/c1-31-21-18(7-4-10-24-21)32(29,30)28-20-19(23)14(15(22)12-26-20)9-8-13-11-25-16-5-2-3-6-17(16)27-13/h2-7,10-12H,1H3,(H,26,28). The number of anilines is 1. The van der Waals surface area contributed by atoms with Gasteiger partial charge < -0.3 is 4.74 Å². The molecule has 11 heteroatoms. The Bertz CT molecular complexity index is 1500. The number of rotatable bonds is 4. The van der Waals surface area contributed by atoms with E-state index >= 15 is 4.39 Å². The lowest BCUT2D eigenvalue weighted by Crippen LogP contribution is -2.17. The highest BCUT2D eigenvalue weighted by Gasteiger charge is 2.24. The van der Waals surface area contributed by atoms with Gasteiger partial charge in [-0.15, -0.1) is 0 Å². The van der Waals surface area contributed by atoms with E-state index in [9.17, 15) is 8.42 Å². The van der Waals surface area contributed by atoms with Crippen LogP contribution in [0.3, 0.4) is 0 Å². The zero-order valence-electron chi connectivity index (χ0n) is 16.4. The SMILES string of the molecule is COc1ncccc1S(=O)(=O)Nc1ncc(Cl)c(C#Cc2cnc3ccccc3n2)c1F. The lowest BCUT2D eigenvalue weighted by atomic mass is 10.2. The highest BCUT2D eigenvalue weighted by molar-refractivity contribution is 7.92. The Kier molecular flexibility index (Phi) is 5.85. The van der Waals surface area contributed by atoms with Crippen LogP contribution in [0.4, 0.5) is 10.2 Å². The van der Waals surface area contributed by atoms with Gasteiger partial charge in [-0.05, 0) is 30.2 Å². The number of para-hydroxylation sites is 2. The Morgan fingerprint density at radius 2 is 1.81 bits per heavy atom. The van der Waals surface area contributed by atoms with Crippen molar-refractivity contribution in [2.75, 3.05) is 11.8 Å². The predicted molar refractivity (Wildman–Crippen MR) is 116 cm³/mol. The summed E-state index contributed by atoms with van der Waals surface area (Å²) in [4.78, 5) is 15.9. The average molecular weight is 470 g/mol. The monoisotopic (exact) mass is 469 g/mol. The van der Waals surface area contributed by atoms with Crippen LogP contribution in [0.15, 0.2) is 59.9 Å². The molecule has 0 bridgehead atoms. The first-order valence-electron chi connectivity index (χ1n) is 8.98. The maximum absolute atomic E-state index is 15.1. The van der Waals surface area contributed by atoms with Crippen LogP contribution >= 0.6 is 11.6 Å². The van der Waals surface area contributed by atoms with Gasteiger partial charge in [0.1, 0.15) is 10.6 Å². The van der Waals surface area contributed by atoms with Crippen molar-refractivity contribution in [3.05, 3.63) is 77.1 Å². The number of nitrogens with zero attached hydrogens (tertiary/aromatic N) is 4. The number of nitrogens with one attached hydrogen (secondary N) is 1. The van der Waals surface area contributed by atoms with Gasteiger partial charge in [0.15, 0.2) is 11.6 Å². The summed E-state index contributed by atoms with van der Waals surface area (Å²) in [6.07, 6.45) is 3.90. The van der Waals surface area contributed by atoms with E-state index in [1.165, 1.54) is 31.6 Å². The minimum Gasteiger partial charge on any atom is -0.480 e. The van der Waals surface area contributed by atoms with Crippen LogP contribution in [0.5, 0.6) is 5.88 Å². The number of fused-ring (bicyclic) bond motifs is 1. The molecule has 8 nitrogen and oxygen atoms in total. The lowest BCUT2D eigenvalue weighted by molar-refractivity contribution is 0.385. The van der Waals surface area contributed by atoms with Gasteiger partial charge in [0, 0.05) is 12.4 Å². The van der Waals surface area contributed by atoms with E-state index in [-0.39, 0.29) is 21.4 Å². The van der Waals surface area contributed by atoms with Crippen molar-refractivity contribution in [2.24, 2.45) is 0 Å². The Balaban J connectivity index is 1.70. The average Bonchev–Trinajstić information content (AvgIpc) is 2.80. The molecule has 4 rings (SSSR count). The third kappa shape index (κ3) is 4.30. The molecule has 1 N–H and O–H groups in total. The Morgan fingerprint density at radius 3 is 2.59 bits per heavy atom. The Hall–Kier alpha value is -3.81. The third-order valence-corrected chi connectivity index (χ3v) is 5.83. The van der Waals surface area contributed by atoms with Crippen LogP contribution < -0.4 is 9.46 Å². The van der Waals surface area contributed by atoms with Crippen molar-refractivity contribution < 1.29 is 17.5 Å². The quantitative estimate of drug-likeness (QED) is 0.456. The van der Waals surface area contributed by atoms with Gasteiger partial charge in [-0.2, -0.15) is 0 Å². The van der Waals surface area contributed by atoms with Crippen LogP contribution in [-0.4, -0.2) is 35.5 Å². The number of sulfonamides is 1. The summed E-state index contributed by atoms with van der Waals surface area (Å²) in [6.45, 7) is 0. The van der Waals surface area contributed by atoms with Gasteiger partial charge in [0.25, 0.3) is 10.0 Å². The van der Waals surface area contributed by atoms with E-state index in [1.54, 1.807) is 12.1 Å². The smallest absolute Gasteiger partial charge is 0.268 e. The number of methoxy groups -OCH3 is 1. The molecule has 0 amide bonds. The normalized spacial score (nSPS) is 11.0. The fourth-order valence-corrected chi connectivity index (χ4v) is 4.02. The topological polar surface area (TPSA) is 107 Å². The second-order valence-corrected chi connectivity index (χ2v) is 8.31. The molecule has 1 aromatic carbocycles. The summed E-state index contributed by atoms with van der Waals surface area (Å²) < 4.78 is 47.5. The van der Waals surface area contributed by atoms with Gasteiger partial charge in [-0.3, -0.25) is 9.71 Å². The zero-order chi connectivity index (χ0) is 22.7. The van der Waals surface area contributed by atoms with Crippen molar-refractivity contribution >= 4 is 38.5 Å². The molecule has 0 aliphatic heterocycles. The fourth-order valence-electron chi connectivity index (χ4n) is 2.71. The van der Waals surface area contributed by atoms with Crippen molar-refractivity contribution in [2.45, 2.75) is 4.90 Å². The van der Waals surface area contributed by atoms with E-state index in [1.807, 2.05) is 12.1 Å². The Labute approximate surface area is 187 Å². The highest BCUT2D eigenvalue weighted by Crippen LogP contribution is 2.27. The number of hydrogen-bond acceptors (Lipinski definition) is 7. The van der Waals surface area contributed by atoms with E-state index < -0.39 is 21.7 Å². The molecule has 0 fully saturated rings. The van der Waals surface area contributed by atoms with E-state index in [0.717, 1.165) is 6.20 Å². The van der Waals surface area contributed by atoms with Gasteiger partial charge >= 0.3 is 0 Å². The molecule has 0 saturated carbocycles. The molecule has 4 aromatic rings. The van der Waals surface area contributed by atoms with Crippen molar-refractivity contribution in [1.29, 1.82) is 0 Å². The number of pyridine rings is 2. The first-order chi connectivity index (χ1) is 15.4. The molecule has 3 aromatic heterocycles.